The fourth-order valence-electron chi connectivity index (χ4n) is 3.90. The zero-order valence-electron chi connectivity index (χ0n) is 14.7. The molecule has 1 saturated heterocycles. The summed E-state index contributed by atoms with van der Waals surface area (Å²) in [5.74, 6) is 0.526. The molecule has 1 aliphatic carbocycles. The van der Waals surface area contributed by atoms with Gasteiger partial charge in [-0.25, -0.2) is 17.9 Å². The number of urea groups is 1. The van der Waals surface area contributed by atoms with Gasteiger partial charge in [-0.15, -0.1) is 0 Å². The van der Waals surface area contributed by atoms with Crippen LogP contribution in [0.2, 0.25) is 0 Å². The van der Waals surface area contributed by atoms with Crippen molar-refractivity contribution >= 4 is 27.4 Å². The molecule has 2 N–H and O–H groups in total. The maximum atomic E-state index is 12.4. The standard InChI is InChI=1S/C17H27N3O3S2/c1-25(22,23)19-17(6-3-2-4-7-17)13-18-16(21)20-10-15(11-20)9-14-5-8-24-12-14/h5,8,12,15,19H,2-4,6-7,9-11,13H2,1H3,(H,18,21). The number of nitrogens with one attached hydrogen (secondary N) is 2. The molecule has 1 aromatic rings. The van der Waals surface area contributed by atoms with Crippen molar-refractivity contribution in [3.63, 3.8) is 0 Å². The van der Waals surface area contributed by atoms with Crippen LogP contribution in [0.1, 0.15) is 37.7 Å². The van der Waals surface area contributed by atoms with E-state index in [4.69, 9.17) is 0 Å². The predicted molar refractivity (Wildman–Crippen MR) is 100 cm³/mol. The average molecular weight is 386 g/mol. The zero-order chi connectivity index (χ0) is 17.9. The van der Waals surface area contributed by atoms with Crippen LogP contribution in [0.5, 0.6) is 0 Å². The lowest BCUT2D eigenvalue weighted by molar-refractivity contribution is 0.117. The van der Waals surface area contributed by atoms with Gasteiger partial charge >= 0.3 is 6.03 Å². The van der Waals surface area contributed by atoms with E-state index in [1.54, 1.807) is 11.3 Å². The number of amides is 2. The second-order valence-electron chi connectivity index (χ2n) is 7.48. The Balaban J connectivity index is 1.47. The molecule has 25 heavy (non-hydrogen) atoms. The van der Waals surface area contributed by atoms with E-state index < -0.39 is 15.6 Å². The molecule has 8 heteroatoms. The fraction of sp³-hybridized carbons (Fsp3) is 0.706. The van der Waals surface area contributed by atoms with Crippen LogP contribution < -0.4 is 10.0 Å². The lowest BCUT2D eigenvalue weighted by Crippen LogP contribution is -2.60. The summed E-state index contributed by atoms with van der Waals surface area (Å²) in [5.41, 5.74) is 0.816. The van der Waals surface area contributed by atoms with E-state index in [1.165, 1.54) is 11.8 Å². The quantitative estimate of drug-likeness (QED) is 0.788. The van der Waals surface area contributed by atoms with Gasteiger partial charge in [-0.1, -0.05) is 19.3 Å². The first-order valence-corrected chi connectivity index (χ1v) is 11.7. The number of likely N-dealkylation sites (tertiary alicyclic amines) is 1. The predicted octanol–water partition coefficient (Wildman–Crippen LogP) is 2.18. The molecular weight excluding hydrogens is 358 g/mol. The lowest BCUT2D eigenvalue weighted by atomic mass is 9.82. The third kappa shape index (κ3) is 5.18. The molecule has 0 spiro atoms. The van der Waals surface area contributed by atoms with Crippen LogP contribution in [-0.4, -0.2) is 50.8 Å². The minimum Gasteiger partial charge on any atom is -0.336 e. The molecule has 6 nitrogen and oxygen atoms in total. The van der Waals surface area contributed by atoms with Crippen LogP contribution in [0.15, 0.2) is 16.8 Å². The highest BCUT2D eigenvalue weighted by Crippen LogP contribution is 2.28. The molecule has 2 amide bonds. The maximum Gasteiger partial charge on any atom is 0.317 e. The van der Waals surface area contributed by atoms with Crippen molar-refractivity contribution in [1.82, 2.24) is 14.9 Å². The lowest BCUT2D eigenvalue weighted by Gasteiger charge is -2.41. The Kier molecular flexibility index (Phi) is 5.70. The van der Waals surface area contributed by atoms with E-state index in [2.05, 4.69) is 26.9 Å². The highest BCUT2D eigenvalue weighted by Gasteiger charge is 2.37. The molecule has 1 aromatic heterocycles. The summed E-state index contributed by atoms with van der Waals surface area (Å²) in [6, 6.07) is 2.05. The molecule has 0 aromatic carbocycles. The number of hydrogen-bond acceptors (Lipinski definition) is 4. The number of rotatable bonds is 6. The number of hydrogen-bond donors (Lipinski definition) is 2. The monoisotopic (exact) mass is 385 g/mol. The highest BCUT2D eigenvalue weighted by atomic mass is 32.2. The van der Waals surface area contributed by atoms with E-state index in [1.807, 2.05) is 4.90 Å². The Morgan fingerprint density at radius 3 is 2.64 bits per heavy atom. The third-order valence-electron chi connectivity index (χ3n) is 5.14. The first kappa shape index (κ1) is 18.7. The summed E-state index contributed by atoms with van der Waals surface area (Å²) >= 11 is 1.70. The van der Waals surface area contributed by atoms with Crippen molar-refractivity contribution < 1.29 is 13.2 Å². The van der Waals surface area contributed by atoms with Crippen molar-refractivity contribution in [3.8, 4) is 0 Å². The van der Waals surface area contributed by atoms with Gasteiger partial charge in [-0.2, -0.15) is 11.3 Å². The molecule has 0 unspecified atom stereocenters. The van der Waals surface area contributed by atoms with Gasteiger partial charge in [0.2, 0.25) is 10.0 Å². The minimum atomic E-state index is -3.29. The first-order chi connectivity index (χ1) is 11.9. The zero-order valence-corrected chi connectivity index (χ0v) is 16.3. The maximum absolute atomic E-state index is 12.4. The van der Waals surface area contributed by atoms with Gasteiger partial charge in [0.1, 0.15) is 0 Å². The SMILES string of the molecule is CS(=O)(=O)NC1(CNC(=O)N2CC(Cc3ccsc3)C2)CCCCC1. The molecule has 2 heterocycles. The van der Waals surface area contributed by atoms with Gasteiger partial charge in [0.25, 0.3) is 0 Å². The average Bonchev–Trinajstić information content (AvgIpc) is 3.00. The Morgan fingerprint density at radius 2 is 2.04 bits per heavy atom. The molecule has 0 radical (unpaired) electrons. The van der Waals surface area contributed by atoms with E-state index in [0.29, 0.717) is 12.5 Å². The van der Waals surface area contributed by atoms with Crippen LogP contribution in [0.4, 0.5) is 4.79 Å². The van der Waals surface area contributed by atoms with Crippen molar-refractivity contribution in [2.45, 2.75) is 44.1 Å². The Bertz CT molecular complexity index is 676. The van der Waals surface area contributed by atoms with E-state index in [-0.39, 0.29) is 6.03 Å². The Labute approximate surface area is 154 Å². The molecule has 0 bridgehead atoms. The topological polar surface area (TPSA) is 78.5 Å². The summed E-state index contributed by atoms with van der Waals surface area (Å²) in [4.78, 5) is 14.2. The number of sulfonamides is 1. The van der Waals surface area contributed by atoms with Gasteiger partial charge in [-0.3, -0.25) is 0 Å². The fourth-order valence-corrected chi connectivity index (χ4v) is 5.64. The van der Waals surface area contributed by atoms with Gasteiger partial charge in [0, 0.05) is 19.6 Å². The van der Waals surface area contributed by atoms with Crippen molar-refractivity contribution in [2.75, 3.05) is 25.9 Å². The summed E-state index contributed by atoms with van der Waals surface area (Å²) in [5, 5.41) is 7.20. The molecule has 2 aliphatic rings. The minimum absolute atomic E-state index is 0.0816. The van der Waals surface area contributed by atoms with Crippen LogP contribution >= 0.6 is 11.3 Å². The molecule has 1 saturated carbocycles. The van der Waals surface area contributed by atoms with Crippen molar-refractivity contribution in [1.29, 1.82) is 0 Å². The number of nitrogens with zero attached hydrogens (tertiary/aromatic N) is 1. The number of carbonyl (C=O) groups is 1. The van der Waals surface area contributed by atoms with Crippen LogP contribution in [0.3, 0.4) is 0 Å². The van der Waals surface area contributed by atoms with Gasteiger partial charge in [0.15, 0.2) is 0 Å². The molecule has 2 fully saturated rings. The van der Waals surface area contributed by atoms with Crippen LogP contribution in [0.25, 0.3) is 0 Å². The molecule has 0 atom stereocenters. The van der Waals surface area contributed by atoms with Crippen molar-refractivity contribution in [3.05, 3.63) is 22.4 Å². The molecule has 3 rings (SSSR count). The number of carbonyl (C=O) groups excluding carboxylic acids is 1. The summed E-state index contributed by atoms with van der Waals surface area (Å²) in [6.45, 7) is 1.91. The first-order valence-electron chi connectivity index (χ1n) is 8.88. The molecule has 140 valence electrons. The van der Waals surface area contributed by atoms with Crippen molar-refractivity contribution in [2.24, 2.45) is 5.92 Å². The second kappa shape index (κ2) is 7.63. The summed E-state index contributed by atoms with van der Waals surface area (Å²) in [7, 11) is -3.29. The van der Waals surface area contributed by atoms with Gasteiger partial charge in [-0.05, 0) is 47.6 Å². The van der Waals surface area contributed by atoms with Crippen LogP contribution in [-0.2, 0) is 16.4 Å². The second-order valence-corrected chi connectivity index (χ2v) is 10.0. The summed E-state index contributed by atoms with van der Waals surface area (Å²) in [6.07, 6.45) is 6.87. The smallest absolute Gasteiger partial charge is 0.317 e. The largest absolute Gasteiger partial charge is 0.336 e. The Morgan fingerprint density at radius 1 is 1.32 bits per heavy atom. The van der Waals surface area contributed by atoms with Gasteiger partial charge in [0.05, 0.1) is 11.8 Å². The van der Waals surface area contributed by atoms with Crippen LogP contribution in [0, 0.1) is 5.92 Å². The summed E-state index contributed by atoms with van der Waals surface area (Å²) < 4.78 is 26.2. The molecular formula is C17H27N3O3S2. The van der Waals surface area contributed by atoms with E-state index in [0.717, 1.165) is 51.6 Å². The van der Waals surface area contributed by atoms with E-state index >= 15 is 0 Å². The van der Waals surface area contributed by atoms with E-state index in [9.17, 15) is 13.2 Å². The third-order valence-corrected chi connectivity index (χ3v) is 6.68. The molecule has 1 aliphatic heterocycles. The highest BCUT2D eigenvalue weighted by molar-refractivity contribution is 7.88. The van der Waals surface area contributed by atoms with Gasteiger partial charge < -0.3 is 10.2 Å². The number of thiophene rings is 1. The Hall–Kier alpha value is -1.12. The normalized spacial score (nSPS) is 20.9.